The number of fused-ring (bicyclic) bond motifs is 10. The summed E-state index contributed by atoms with van der Waals surface area (Å²) in [5.74, 6) is 0. The zero-order valence-electron chi connectivity index (χ0n) is 34.4. The Balaban J connectivity index is 1.05. The van der Waals surface area contributed by atoms with Crippen LogP contribution in [0.1, 0.15) is 49.9 Å². The lowest BCUT2D eigenvalue weighted by Gasteiger charge is -2.31. The van der Waals surface area contributed by atoms with Gasteiger partial charge in [0.05, 0.1) is 11.0 Å². The number of hydrogen-bond acceptors (Lipinski definition) is 1. The van der Waals surface area contributed by atoms with Crippen LogP contribution < -0.4 is 4.90 Å². The number of aromatic nitrogens is 1. The van der Waals surface area contributed by atoms with Crippen LogP contribution in [0.25, 0.3) is 71.3 Å². The number of para-hydroxylation sites is 1. The minimum absolute atomic E-state index is 0.0715. The lowest BCUT2D eigenvalue weighted by atomic mass is 9.75. The first-order valence-corrected chi connectivity index (χ1v) is 21.2. The molecule has 0 N–H and O–H groups in total. The number of anilines is 3. The molecule has 0 radical (unpaired) electrons. The SMILES string of the molecule is CC1(C)C2=C(c3ccccc31)C(C)(C)c1cc(N(c3ccc4c(ccc5ccccc54)c3)c3ccc4c(c3)c3ccccc3n4-c3ccc(-c4ccccc4)cc3)ccc12. The van der Waals surface area contributed by atoms with Crippen LogP contribution >= 0.6 is 0 Å². The summed E-state index contributed by atoms with van der Waals surface area (Å²) in [4.78, 5) is 2.48. The van der Waals surface area contributed by atoms with Crippen molar-refractivity contribution in [3.05, 3.63) is 216 Å². The first-order chi connectivity index (χ1) is 29.3. The maximum atomic E-state index is 2.48. The third kappa shape index (κ3) is 4.94. The Morgan fingerprint density at radius 1 is 0.367 bits per heavy atom. The average molecular weight is 769 g/mol. The Morgan fingerprint density at radius 3 is 1.77 bits per heavy atom. The lowest BCUT2D eigenvalue weighted by Crippen LogP contribution is -2.20. The highest BCUT2D eigenvalue weighted by Gasteiger charge is 2.49. The van der Waals surface area contributed by atoms with E-state index < -0.39 is 0 Å². The molecule has 0 aliphatic heterocycles. The molecule has 0 spiro atoms. The third-order valence-electron chi connectivity index (χ3n) is 13.7. The standard InChI is InChI=1S/C58H44N2/c1-57(2)51-20-12-10-19-48(51)55-56(57)49-32-29-44(36-52(49)58(55,3)4)59(42-28-31-46-40(34-42)23-22-39-16-8-9-17-45(39)46)43-30-33-54-50(35-43)47-18-11-13-21-53(47)60(54)41-26-24-38(25-27-41)37-14-6-5-7-15-37/h5-36H,1-4H3. The number of hydrogen-bond donors (Lipinski definition) is 0. The van der Waals surface area contributed by atoms with Gasteiger partial charge < -0.3 is 9.47 Å². The minimum atomic E-state index is -0.161. The molecule has 12 rings (SSSR count). The van der Waals surface area contributed by atoms with Crippen LogP contribution in [0.4, 0.5) is 17.1 Å². The Hall–Kier alpha value is -7.16. The van der Waals surface area contributed by atoms with Crippen molar-refractivity contribution in [2.45, 2.75) is 38.5 Å². The van der Waals surface area contributed by atoms with Crippen molar-refractivity contribution in [2.75, 3.05) is 4.90 Å². The fourth-order valence-electron chi connectivity index (χ4n) is 10.9. The van der Waals surface area contributed by atoms with Gasteiger partial charge in [0.1, 0.15) is 0 Å². The highest BCUT2D eigenvalue weighted by atomic mass is 15.1. The van der Waals surface area contributed by atoms with Gasteiger partial charge in [-0.2, -0.15) is 0 Å². The summed E-state index contributed by atoms with van der Waals surface area (Å²) in [5, 5.41) is 7.51. The molecule has 0 amide bonds. The molecule has 60 heavy (non-hydrogen) atoms. The van der Waals surface area contributed by atoms with Gasteiger partial charge >= 0.3 is 0 Å². The zero-order chi connectivity index (χ0) is 40.3. The van der Waals surface area contributed by atoms with E-state index in [-0.39, 0.29) is 10.8 Å². The highest BCUT2D eigenvalue weighted by Crippen LogP contribution is 2.63. The van der Waals surface area contributed by atoms with Crippen molar-refractivity contribution in [1.29, 1.82) is 0 Å². The molecule has 2 aliphatic carbocycles. The summed E-state index contributed by atoms with van der Waals surface area (Å²) < 4.78 is 2.42. The van der Waals surface area contributed by atoms with E-state index in [0.717, 1.165) is 22.7 Å². The molecule has 1 aromatic heterocycles. The maximum Gasteiger partial charge on any atom is 0.0542 e. The predicted molar refractivity (Wildman–Crippen MR) is 255 cm³/mol. The number of benzene rings is 9. The predicted octanol–water partition coefficient (Wildman–Crippen LogP) is 15.7. The van der Waals surface area contributed by atoms with Crippen molar-refractivity contribution in [3.8, 4) is 16.8 Å². The summed E-state index contributed by atoms with van der Waals surface area (Å²) >= 11 is 0. The van der Waals surface area contributed by atoms with E-state index in [1.165, 1.54) is 87.9 Å². The van der Waals surface area contributed by atoms with E-state index in [1.807, 2.05) is 0 Å². The molecule has 9 aromatic carbocycles. The summed E-state index contributed by atoms with van der Waals surface area (Å²) in [7, 11) is 0. The first kappa shape index (κ1) is 34.8. The normalized spacial score (nSPS) is 14.9. The van der Waals surface area contributed by atoms with Gasteiger partial charge in [-0.15, -0.1) is 0 Å². The minimum Gasteiger partial charge on any atom is -0.310 e. The zero-order valence-corrected chi connectivity index (χ0v) is 34.4. The molecule has 286 valence electrons. The van der Waals surface area contributed by atoms with E-state index in [2.05, 4.69) is 231 Å². The van der Waals surface area contributed by atoms with E-state index in [0.29, 0.717) is 0 Å². The van der Waals surface area contributed by atoms with E-state index in [4.69, 9.17) is 0 Å². The molecule has 2 nitrogen and oxygen atoms in total. The summed E-state index contributed by atoms with van der Waals surface area (Å²) in [6.07, 6.45) is 0. The Labute approximate surface area is 351 Å². The quantitative estimate of drug-likeness (QED) is 0.158. The molecule has 0 atom stereocenters. The summed E-state index contributed by atoms with van der Waals surface area (Å²) in [6.45, 7) is 9.66. The molecule has 0 unspecified atom stereocenters. The molecule has 2 heteroatoms. The fourth-order valence-corrected chi connectivity index (χ4v) is 10.9. The average Bonchev–Trinajstić information content (AvgIpc) is 3.84. The van der Waals surface area contributed by atoms with Crippen LogP contribution in [0.2, 0.25) is 0 Å². The Kier molecular flexibility index (Phi) is 7.36. The van der Waals surface area contributed by atoms with Gasteiger partial charge in [0.2, 0.25) is 0 Å². The Morgan fingerprint density at radius 2 is 0.933 bits per heavy atom. The smallest absolute Gasteiger partial charge is 0.0542 e. The van der Waals surface area contributed by atoms with Gasteiger partial charge in [-0.05, 0) is 127 Å². The van der Waals surface area contributed by atoms with Gasteiger partial charge in [-0.3, -0.25) is 0 Å². The second kappa shape index (κ2) is 12.7. The van der Waals surface area contributed by atoms with Crippen LogP contribution in [0, 0.1) is 0 Å². The van der Waals surface area contributed by atoms with Gasteiger partial charge in [0, 0.05) is 44.4 Å². The molecule has 0 saturated carbocycles. The monoisotopic (exact) mass is 768 g/mol. The van der Waals surface area contributed by atoms with Crippen LogP contribution in [0.3, 0.4) is 0 Å². The van der Waals surface area contributed by atoms with Crippen LogP contribution in [-0.4, -0.2) is 4.57 Å². The summed E-state index contributed by atoms with van der Waals surface area (Å²) in [5.41, 5.74) is 17.7. The Bertz CT molecular complexity index is 3410. The number of rotatable bonds is 5. The molecule has 0 fully saturated rings. The van der Waals surface area contributed by atoms with Crippen molar-refractivity contribution in [1.82, 2.24) is 4.57 Å². The van der Waals surface area contributed by atoms with Crippen molar-refractivity contribution < 1.29 is 0 Å². The lowest BCUT2D eigenvalue weighted by molar-refractivity contribution is 0.694. The van der Waals surface area contributed by atoms with Crippen LogP contribution in [-0.2, 0) is 10.8 Å². The second-order valence-corrected chi connectivity index (χ2v) is 17.8. The van der Waals surface area contributed by atoms with Gasteiger partial charge in [-0.25, -0.2) is 0 Å². The van der Waals surface area contributed by atoms with Crippen molar-refractivity contribution in [3.63, 3.8) is 0 Å². The van der Waals surface area contributed by atoms with Crippen molar-refractivity contribution >= 4 is 71.6 Å². The van der Waals surface area contributed by atoms with E-state index in [9.17, 15) is 0 Å². The maximum absolute atomic E-state index is 2.48. The van der Waals surface area contributed by atoms with Gasteiger partial charge in [-0.1, -0.05) is 161 Å². The highest BCUT2D eigenvalue weighted by molar-refractivity contribution is 6.13. The van der Waals surface area contributed by atoms with Gasteiger partial charge in [0.25, 0.3) is 0 Å². The molecular formula is C58H44N2. The second-order valence-electron chi connectivity index (χ2n) is 17.8. The molecule has 1 heterocycles. The number of allylic oxidation sites excluding steroid dienone is 2. The van der Waals surface area contributed by atoms with E-state index in [1.54, 1.807) is 0 Å². The van der Waals surface area contributed by atoms with Crippen LogP contribution in [0.5, 0.6) is 0 Å². The molecule has 0 bridgehead atoms. The molecule has 10 aromatic rings. The van der Waals surface area contributed by atoms with Crippen molar-refractivity contribution in [2.24, 2.45) is 0 Å². The molecule has 0 saturated heterocycles. The topological polar surface area (TPSA) is 8.17 Å². The van der Waals surface area contributed by atoms with Gasteiger partial charge in [0.15, 0.2) is 0 Å². The third-order valence-corrected chi connectivity index (χ3v) is 13.7. The van der Waals surface area contributed by atoms with E-state index >= 15 is 0 Å². The summed E-state index contributed by atoms with van der Waals surface area (Å²) in [6, 6.07) is 72.0. The largest absolute Gasteiger partial charge is 0.310 e. The fraction of sp³-hybridized carbons (Fsp3) is 0.103. The van der Waals surface area contributed by atoms with Crippen LogP contribution in [0.15, 0.2) is 194 Å². The number of nitrogens with zero attached hydrogens (tertiary/aromatic N) is 2. The first-order valence-electron chi connectivity index (χ1n) is 21.2. The molecular weight excluding hydrogens is 725 g/mol. The molecule has 2 aliphatic rings.